The predicted octanol–water partition coefficient (Wildman–Crippen LogP) is 1.89. The van der Waals surface area contributed by atoms with Crippen LogP contribution in [0.1, 0.15) is 23.2 Å². The van der Waals surface area contributed by atoms with E-state index in [0.717, 1.165) is 37.3 Å². The Morgan fingerprint density at radius 1 is 1.23 bits per heavy atom. The molecule has 1 aromatic carbocycles. The molecular weight excluding hydrogens is 330 g/mol. The lowest BCUT2D eigenvalue weighted by molar-refractivity contribution is -0.124. The molecule has 1 unspecified atom stereocenters. The summed E-state index contributed by atoms with van der Waals surface area (Å²) in [5.74, 6) is -0.392. The van der Waals surface area contributed by atoms with Crippen molar-refractivity contribution in [3.05, 3.63) is 48.3 Å². The molecule has 0 spiro atoms. The van der Waals surface area contributed by atoms with Crippen molar-refractivity contribution in [3.8, 4) is 0 Å². The van der Waals surface area contributed by atoms with E-state index in [4.69, 9.17) is 5.73 Å². The van der Waals surface area contributed by atoms with Gasteiger partial charge < -0.3 is 21.3 Å². The average Bonchev–Trinajstić information content (AvgIpc) is 2.68. The molecule has 3 rings (SSSR count). The monoisotopic (exact) mass is 353 g/mol. The maximum atomic E-state index is 11.9. The molecule has 26 heavy (non-hydrogen) atoms. The Hall–Kier alpha value is -3.09. The molecule has 7 nitrogen and oxygen atoms in total. The maximum Gasteiger partial charge on any atom is 0.252 e. The van der Waals surface area contributed by atoms with Crippen molar-refractivity contribution >= 4 is 28.9 Å². The van der Waals surface area contributed by atoms with Gasteiger partial charge in [-0.2, -0.15) is 0 Å². The molecule has 1 atom stereocenters. The smallest absolute Gasteiger partial charge is 0.252 e. The standard InChI is InChI=1S/C19H23N5O2/c1-21-19(26)13-3-2-10-24(12-13)15-6-4-14(5-7-15)23-17-8-9-22-11-16(17)18(20)25/h4-9,11,13H,2-3,10,12H2,1H3,(H2,20,25)(H,21,26)(H,22,23). The third-order valence-corrected chi connectivity index (χ3v) is 4.64. The second-order valence-corrected chi connectivity index (χ2v) is 6.36. The quantitative estimate of drug-likeness (QED) is 0.762. The Morgan fingerprint density at radius 2 is 2.00 bits per heavy atom. The molecular formula is C19H23N5O2. The Labute approximate surface area is 152 Å². The van der Waals surface area contributed by atoms with Crippen LogP contribution >= 0.6 is 0 Å². The van der Waals surface area contributed by atoms with Gasteiger partial charge in [-0.3, -0.25) is 14.6 Å². The minimum atomic E-state index is -0.522. The predicted molar refractivity (Wildman–Crippen MR) is 101 cm³/mol. The number of carbonyl (C=O) groups is 2. The summed E-state index contributed by atoms with van der Waals surface area (Å²) >= 11 is 0. The van der Waals surface area contributed by atoms with Gasteiger partial charge in [-0.15, -0.1) is 0 Å². The van der Waals surface area contributed by atoms with E-state index in [2.05, 4.69) is 20.5 Å². The van der Waals surface area contributed by atoms with Gasteiger partial charge in [-0.05, 0) is 43.2 Å². The zero-order valence-electron chi connectivity index (χ0n) is 14.7. The molecule has 7 heteroatoms. The van der Waals surface area contributed by atoms with Crippen LogP contribution in [0.3, 0.4) is 0 Å². The largest absolute Gasteiger partial charge is 0.371 e. The molecule has 2 heterocycles. The molecule has 4 N–H and O–H groups in total. The third kappa shape index (κ3) is 3.93. The number of hydrogen-bond acceptors (Lipinski definition) is 5. The van der Waals surface area contributed by atoms with Gasteiger partial charge in [-0.1, -0.05) is 0 Å². The highest BCUT2D eigenvalue weighted by atomic mass is 16.2. The summed E-state index contributed by atoms with van der Waals surface area (Å²) in [7, 11) is 1.68. The molecule has 1 fully saturated rings. The van der Waals surface area contributed by atoms with Gasteiger partial charge in [0.2, 0.25) is 5.91 Å². The molecule has 0 radical (unpaired) electrons. The van der Waals surface area contributed by atoms with E-state index in [9.17, 15) is 9.59 Å². The second-order valence-electron chi connectivity index (χ2n) is 6.36. The van der Waals surface area contributed by atoms with Gasteiger partial charge in [0.1, 0.15) is 0 Å². The van der Waals surface area contributed by atoms with Gasteiger partial charge in [0.15, 0.2) is 0 Å². The van der Waals surface area contributed by atoms with Crippen LogP contribution in [0.5, 0.6) is 0 Å². The first-order valence-electron chi connectivity index (χ1n) is 8.66. The van der Waals surface area contributed by atoms with Crippen LogP contribution in [-0.4, -0.2) is 36.9 Å². The number of benzene rings is 1. The normalized spacial score (nSPS) is 16.8. The molecule has 0 bridgehead atoms. The summed E-state index contributed by atoms with van der Waals surface area (Å²) < 4.78 is 0. The number of primary amides is 1. The van der Waals surface area contributed by atoms with E-state index in [0.29, 0.717) is 11.3 Å². The minimum Gasteiger partial charge on any atom is -0.371 e. The van der Waals surface area contributed by atoms with Gasteiger partial charge in [-0.25, -0.2) is 0 Å². The molecule has 1 aromatic heterocycles. The number of piperidine rings is 1. The van der Waals surface area contributed by atoms with Crippen LogP contribution < -0.4 is 21.3 Å². The number of aromatic nitrogens is 1. The summed E-state index contributed by atoms with van der Waals surface area (Å²) in [6.45, 7) is 1.67. The van der Waals surface area contributed by atoms with E-state index in [1.54, 1.807) is 19.3 Å². The Balaban J connectivity index is 1.71. The highest BCUT2D eigenvalue weighted by Gasteiger charge is 2.25. The van der Waals surface area contributed by atoms with E-state index in [1.807, 2.05) is 24.3 Å². The number of amides is 2. The molecule has 1 saturated heterocycles. The highest BCUT2D eigenvalue weighted by Crippen LogP contribution is 2.26. The molecule has 1 aliphatic rings. The van der Waals surface area contributed by atoms with E-state index < -0.39 is 5.91 Å². The third-order valence-electron chi connectivity index (χ3n) is 4.64. The topological polar surface area (TPSA) is 100 Å². The number of anilines is 3. The summed E-state index contributed by atoms with van der Waals surface area (Å²) in [5, 5.41) is 5.94. The van der Waals surface area contributed by atoms with Gasteiger partial charge >= 0.3 is 0 Å². The Morgan fingerprint density at radius 3 is 2.69 bits per heavy atom. The number of carbonyl (C=O) groups excluding carboxylic acids is 2. The average molecular weight is 353 g/mol. The fourth-order valence-corrected chi connectivity index (χ4v) is 3.24. The van der Waals surface area contributed by atoms with Crippen molar-refractivity contribution in [1.82, 2.24) is 10.3 Å². The second kappa shape index (κ2) is 7.86. The van der Waals surface area contributed by atoms with Crippen LogP contribution in [0.15, 0.2) is 42.7 Å². The van der Waals surface area contributed by atoms with Crippen molar-refractivity contribution in [2.75, 3.05) is 30.4 Å². The zero-order chi connectivity index (χ0) is 18.5. The van der Waals surface area contributed by atoms with E-state index in [1.165, 1.54) is 6.20 Å². The lowest BCUT2D eigenvalue weighted by atomic mass is 9.96. The molecule has 0 aliphatic carbocycles. The molecule has 2 aromatic rings. The number of nitrogens with two attached hydrogens (primary N) is 1. The van der Waals surface area contributed by atoms with Crippen molar-refractivity contribution in [2.45, 2.75) is 12.8 Å². The van der Waals surface area contributed by atoms with Gasteiger partial charge in [0, 0.05) is 43.9 Å². The molecule has 1 aliphatic heterocycles. The Kier molecular flexibility index (Phi) is 5.36. The number of pyridine rings is 1. The first-order chi connectivity index (χ1) is 12.6. The van der Waals surface area contributed by atoms with Crippen molar-refractivity contribution in [3.63, 3.8) is 0 Å². The zero-order valence-corrected chi connectivity index (χ0v) is 14.7. The van der Waals surface area contributed by atoms with Crippen molar-refractivity contribution in [2.24, 2.45) is 11.7 Å². The van der Waals surface area contributed by atoms with Crippen LogP contribution in [-0.2, 0) is 4.79 Å². The number of rotatable bonds is 5. The molecule has 2 amide bonds. The first-order valence-corrected chi connectivity index (χ1v) is 8.66. The fraction of sp³-hybridized carbons (Fsp3) is 0.316. The SMILES string of the molecule is CNC(=O)C1CCCN(c2ccc(Nc3ccncc3C(N)=O)cc2)C1. The van der Waals surface area contributed by atoms with Crippen LogP contribution in [0.4, 0.5) is 17.1 Å². The maximum absolute atomic E-state index is 11.9. The van der Waals surface area contributed by atoms with Crippen LogP contribution in [0.2, 0.25) is 0 Å². The summed E-state index contributed by atoms with van der Waals surface area (Å²) in [4.78, 5) is 29.5. The van der Waals surface area contributed by atoms with E-state index in [-0.39, 0.29) is 11.8 Å². The summed E-state index contributed by atoms with van der Waals surface area (Å²) in [6, 6.07) is 9.64. The number of nitrogens with zero attached hydrogens (tertiary/aromatic N) is 2. The van der Waals surface area contributed by atoms with Crippen LogP contribution in [0.25, 0.3) is 0 Å². The lowest BCUT2D eigenvalue weighted by Gasteiger charge is -2.33. The number of hydrogen-bond donors (Lipinski definition) is 3. The summed E-state index contributed by atoms with van der Waals surface area (Å²) in [5.41, 5.74) is 8.28. The van der Waals surface area contributed by atoms with Crippen LogP contribution in [0, 0.1) is 5.92 Å². The number of nitrogens with one attached hydrogen (secondary N) is 2. The molecule has 136 valence electrons. The highest BCUT2D eigenvalue weighted by molar-refractivity contribution is 5.98. The fourth-order valence-electron chi connectivity index (χ4n) is 3.24. The van der Waals surface area contributed by atoms with Gasteiger partial charge in [0.05, 0.1) is 17.2 Å². The van der Waals surface area contributed by atoms with Gasteiger partial charge in [0.25, 0.3) is 5.91 Å². The van der Waals surface area contributed by atoms with Crippen molar-refractivity contribution in [1.29, 1.82) is 0 Å². The van der Waals surface area contributed by atoms with Crippen molar-refractivity contribution < 1.29 is 9.59 Å². The Bertz CT molecular complexity index is 791. The molecule has 0 saturated carbocycles. The lowest BCUT2D eigenvalue weighted by Crippen LogP contribution is -2.42. The summed E-state index contributed by atoms with van der Waals surface area (Å²) in [6.07, 6.45) is 4.98. The van der Waals surface area contributed by atoms with E-state index >= 15 is 0 Å². The first kappa shape index (κ1) is 17.7. The minimum absolute atomic E-state index is 0.0292.